The Morgan fingerprint density at radius 2 is 1.74 bits per heavy atom. The standard InChI is InChI=1S/C15H15F2NO/c1-10(15(18)11-5-3-2-4-6-11)19-14-8-7-12(16)9-13(14)17/h2-10,15H,18H2,1H3. The molecule has 0 radical (unpaired) electrons. The first-order valence-electron chi connectivity index (χ1n) is 6.00. The molecule has 2 aromatic rings. The molecule has 0 aliphatic heterocycles. The molecule has 4 heteroatoms. The van der Waals surface area contributed by atoms with Gasteiger partial charge in [-0.05, 0) is 24.6 Å². The monoisotopic (exact) mass is 263 g/mol. The second-order valence-electron chi connectivity index (χ2n) is 4.33. The van der Waals surface area contributed by atoms with Gasteiger partial charge in [0.2, 0.25) is 0 Å². The van der Waals surface area contributed by atoms with Crippen LogP contribution in [0.25, 0.3) is 0 Å². The van der Waals surface area contributed by atoms with Crippen LogP contribution in [-0.2, 0) is 0 Å². The largest absolute Gasteiger partial charge is 0.486 e. The van der Waals surface area contributed by atoms with E-state index in [1.807, 2.05) is 30.3 Å². The van der Waals surface area contributed by atoms with Gasteiger partial charge >= 0.3 is 0 Å². The maximum atomic E-state index is 13.5. The highest BCUT2D eigenvalue weighted by atomic mass is 19.1. The quantitative estimate of drug-likeness (QED) is 0.917. The van der Waals surface area contributed by atoms with Gasteiger partial charge in [0.05, 0.1) is 6.04 Å². The Kier molecular flexibility index (Phi) is 4.12. The summed E-state index contributed by atoms with van der Waals surface area (Å²) in [7, 11) is 0. The molecule has 0 fully saturated rings. The number of hydrogen-bond donors (Lipinski definition) is 1. The third kappa shape index (κ3) is 3.29. The van der Waals surface area contributed by atoms with Gasteiger partial charge in [0.15, 0.2) is 11.6 Å². The van der Waals surface area contributed by atoms with Gasteiger partial charge in [0.1, 0.15) is 11.9 Å². The zero-order chi connectivity index (χ0) is 13.8. The number of hydrogen-bond acceptors (Lipinski definition) is 2. The van der Waals surface area contributed by atoms with E-state index >= 15 is 0 Å². The number of benzene rings is 2. The van der Waals surface area contributed by atoms with Crippen molar-refractivity contribution in [3.05, 3.63) is 65.7 Å². The molecule has 0 amide bonds. The molecule has 2 atom stereocenters. The molecule has 0 aliphatic carbocycles. The van der Waals surface area contributed by atoms with Crippen LogP contribution in [0, 0.1) is 11.6 Å². The fraction of sp³-hybridized carbons (Fsp3) is 0.200. The average Bonchev–Trinajstić information content (AvgIpc) is 2.42. The van der Waals surface area contributed by atoms with Crippen LogP contribution in [0.15, 0.2) is 48.5 Å². The highest BCUT2D eigenvalue weighted by molar-refractivity contribution is 5.26. The summed E-state index contributed by atoms with van der Waals surface area (Å²) < 4.78 is 31.7. The lowest BCUT2D eigenvalue weighted by molar-refractivity contribution is 0.182. The van der Waals surface area contributed by atoms with E-state index < -0.39 is 17.7 Å². The zero-order valence-electron chi connectivity index (χ0n) is 10.5. The van der Waals surface area contributed by atoms with Gasteiger partial charge in [-0.25, -0.2) is 8.78 Å². The normalized spacial score (nSPS) is 13.9. The molecule has 2 nitrogen and oxygen atoms in total. The minimum Gasteiger partial charge on any atom is -0.486 e. The lowest BCUT2D eigenvalue weighted by Crippen LogP contribution is -2.28. The van der Waals surface area contributed by atoms with Crippen LogP contribution >= 0.6 is 0 Å². The SMILES string of the molecule is CC(Oc1ccc(F)cc1F)C(N)c1ccccc1. The minimum atomic E-state index is -0.730. The molecule has 0 saturated heterocycles. The van der Waals surface area contributed by atoms with Crippen LogP contribution in [0.2, 0.25) is 0 Å². The van der Waals surface area contributed by atoms with Crippen molar-refractivity contribution in [1.82, 2.24) is 0 Å². The van der Waals surface area contributed by atoms with Gasteiger partial charge in [0.25, 0.3) is 0 Å². The van der Waals surface area contributed by atoms with Crippen molar-refractivity contribution in [2.24, 2.45) is 5.73 Å². The number of rotatable bonds is 4. The van der Waals surface area contributed by atoms with Crippen LogP contribution in [0.4, 0.5) is 8.78 Å². The molecule has 0 bridgehead atoms. The molecule has 19 heavy (non-hydrogen) atoms. The molecule has 100 valence electrons. The Morgan fingerprint density at radius 1 is 1.05 bits per heavy atom. The molecular weight excluding hydrogens is 248 g/mol. The molecule has 0 aliphatic rings. The summed E-state index contributed by atoms with van der Waals surface area (Å²) in [4.78, 5) is 0. The van der Waals surface area contributed by atoms with Gasteiger partial charge in [-0.2, -0.15) is 0 Å². The van der Waals surface area contributed by atoms with E-state index in [9.17, 15) is 8.78 Å². The van der Waals surface area contributed by atoms with Crippen LogP contribution in [0.1, 0.15) is 18.5 Å². The highest BCUT2D eigenvalue weighted by Crippen LogP contribution is 2.23. The first-order chi connectivity index (χ1) is 9.08. The molecule has 2 unspecified atom stereocenters. The van der Waals surface area contributed by atoms with Crippen molar-refractivity contribution >= 4 is 0 Å². The summed E-state index contributed by atoms with van der Waals surface area (Å²) in [5.74, 6) is -1.36. The van der Waals surface area contributed by atoms with Crippen molar-refractivity contribution in [3.8, 4) is 5.75 Å². The van der Waals surface area contributed by atoms with Gasteiger partial charge in [0, 0.05) is 6.07 Å². The lowest BCUT2D eigenvalue weighted by atomic mass is 10.0. The Morgan fingerprint density at radius 3 is 2.37 bits per heavy atom. The van der Waals surface area contributed by atoms with Gasteiger partial charge < -0.3 is 10.5 Å². The Hall–Kier alpha value is -1.94. The van der Waals surface area contributed by atoms with Crippen molar-refractivity contribution < 1.29 is 13.5 Å². The van der Waals surface area contributed by atoms with Crippen LogP contribution in [0.5, 0.6) is 5.75 Å². The molecule has 2 aromatic carbocycles. The molecule has 2 N–H and O–H groups in total. The van der Waals surface area contributed by atoms with Crippen LogP contribution in [0.3, 0.4) is 0 Å². The smallest absolute Gasteiger partial charge is 0.167 e. The van der Waals surface area contributed by atoms with Crippen LogP contribution in [-0.4, -0.2) is 6.10 Å². The summed E-state index contributed by atoms with van der Waals surface area (Å²) in [5.41, 5.74) is 6.95. The molecule has 0 aromatic heterocycles. The van der Waals surface area contributed by atoms with E-state index in [-0.39, 0.29) is 11.8 Å². The number of nitrogens with two attached hydrogens (primary N) is 1. The predicted molar refractivity (Wildman–Crippen MR) is 69.8 cm³/mol. The second-order valence-corrected chi connectivity index (χ2v) is 4.33. The number of halogens is 2. The van der Waals surface area contributed by atoms with E-state index in [1.54, 1.807) is 6.92 Å². The molecule has 0 spiro atoms. The second kappa shape index (κ2) is 5.80. The Bertz CT molecular complexity index is 545. The van der Waals surface area contributed by atoms with E-state index in [0.717, 1.165) is 17.7 Å². The Labute approximate surface area is 110 Å². The molecular formula is C15H15F2NO. The highest BCUT2D eigenvalue weighted by Gasteiger charge is 2.18. The van der Waals surface area contributed by atoms with Crippen molar-refractivity contribution in [2.75, 3.05) is 0 Å². The van der Waals surface area contributed by atoms with Gasteiger partial charge in [-0.15, -0.1) is 0 Å². The topological polar surface area (TPSA) is 35.2 Å². The van der Waals surface area contributed by atoms with E-state index in [1.165, 1.54) is 6.07 Å². The summed E-state index contributed by atoms with van der Waals surface area (Å²) in [6, 6.07) is 12.2. The maximum absolute atomic E-state index is 13.5. The fourth-order valence-electron chi connectivity index (χ4n) is 1.79. The first kappa shape index (κ1) is 13.5. The van der Waals surface area contributed by atoms with Gasteiger partial charge in [-0.3, -0.25) is 0 Å². The number of ether oxygens (including phenoxy) is 1. The third-order valence-corrected chi connectivity index (χ3v) is 2.90. The Balaban J connectivity index is 2.10. The summed E-state index contributed by atoms with van der Waals surface area (Å²) in [6.45, 7) is 1.75. The fourth-order valence-corrected chi connectivity index (χ4v) is 1.79. The van der Waals surface area contributed by atoms with E-state index in [2.05, 4.69) is 0 Å². The average molecular weight is 263 g/mol. The minimum absolute atomic E-state index is 0.000260. The maximum Gasteiger partial charge on any atom is 0.167 e. The summed E-state index contributed by atoms with van der Waals surface area (Å²) in [6.07, 6.45) is -0.428. The van der Waals surface area contributed by atoms with Crippen LogP contribution < -0.4 is 10.5 Å². The van der Waals surface area contributed by atoms with Gasteiger partial charge in [-0.1, -0.05) is 30.3 Å². The van der Waals surface area contributed by atoms with Crippen molar-refractivity contribution in [1.29, 1.82) is 0 Å². The van der Waals surface area contributed by atoms with Crippen molar-refractivity contribution in [3.63, 3.8) is 0 Å². The van der Waals surface area contributed by atoms with E-state index in [0.29, 0.717) is 0 Å². The summed E-state index contributed by atoms with van der Waals surface area (Å²) >= 11 is 0. The first-order valence-corrected chi connectivity index (χ1v) is 6.00. The zero-order valence-corrected chi connectivity index (χ0v) is 10.5. The van der Waals surface area contributed by atoms with Crippen molar-refractivity contribution in [2.45, 2.75) is 19.1 Å². The van der Waals surface area contributed by atoms with E-state index in [4.69, 9.17) is 10.5 Å². The molecule has 2 rings (SSSR count). The third-order valence-electron chi connectivity index (χ3n) is 2.90. The molecule has 0 saturated carbocycles. The summed E-state index contributed by atoms with van der Waals surface area (Å²) in [5, 5.41) is 0. The lowest BCUT2D eigenvalue weighted by Gasteiger charge is -2.22. The molecule has 0 heterocycles. The predicted octanol–water partition coefficient (Wildman–Crippen LogP) is 3.43.